The number of guanidine groups is 1. The third-order valence-electron chi connectivity index (χ3n) is 5.11. The van der Waals surface area contributed by atoms with E-state index in [0.717, 1.165) is 62.0 Å². The third kappa shape index (κ3) is 5.38. The lowest BCUT2D eigenvalue weighted by atomic mass is 10.1. The van der Waals surface area contributed by atoms with Gasteiger partial charge in [0.1, 0.15) is 11.6 Å². The molecule has 1 saturated heterocycles. The van der Waals surface area contributed by atoms with Crippen molar-refractivity contribution in [2.45, 2.75) is 12.8 Å². The lowest BCUT2D eigenvalue weighted by Crippen LogP contribution is -2.41. The summed E-state index contributed by atoms with van der Waals surface area (Å²) in [5.41, 5.74) is 2.27. The van der Waals surface area contributed by atoms with Gasteiger partial charge in [-0.15, -0.1) is 0 Å². The van der Waals surface area contributed by atoms with Crippen LogP contribution in [0.3, 0.4) is 0 Å². The molecule has 0 amide bonds. The van der Waals surface area contributed by atoms with Gasteiger partial charge in [-0.25, -0.2) is 4.39 Å². The molecule has 28 heavy (non-hydrogen) atoms. The Morgan fingerprint density at radius 1 is 1.18 bits per heavy atom. The molecule has 0 saturated carbocycles. The van der Waals surface area contributed by atoms with E-state index in [1.54, 1.807) is 14.2 Å². The largest absolute Gasteiger partial charge is 0.495 e. The highest BCUT2D eigenvalue weighted by molar-refractivity contribution is 5.79. The third-order valence-corrected chi connectivity index (χ3v) is 5.11. The van der Waals surface area contributed by atoms with Crippen molar-refractivity contribution in [1.82, 2.24) is 10.6 Å². The average Bonchev–Trinajstić information content (AvgIpc) is 3.20. The molecule has 1 unspecified atom stereocenters. The fraction of sp³-hybridized carbons (Fsp3) is 0.409. The summed E-state index contributed by atoms with van der Waals surface area (Å²) in [5.74, 6) is 2.08. The van der Waals surface area contributed by atoms with Gasteiger partial charge in [-0.1, -0.05) is 24.3 Å². The second-order valence-electron chi connectivity index (χ2n) is 7.03. The number of halogens is 1. The predicted molar refractivity (Wildman–Crippen MR) is 113 cm³/mol. The fourth-order valence-electron chi connectivity index (χ4n) is 3.55. The molecule has 3 rings (SSSR count). The fourth-order valence-corrected chi connectivity index (χ4v) is 3.55. The minimum Gasteiger partial charge on any atom is -0.495 e. The van der Waals surface area contributed by atoms with Gasteiger partial charge < -0.3 is 20.3 Å². The van der Waals surface area contributed by atoms with E-state index in [9.17, 15) is 4.39 Å². The Balaban J connectivity index is 1.42. The Hall–Kier alpha value is -2.76. The topological polar surface area (TPSA) is 48.9 Å². The molecule has 0 bridgehead atoms. The van der Waals surface area contributed by atoms with Crippen LogP contribution in [0.5, 0.6) is 5.75 Å². The quantitative estimate of drug-likeness (QED) is 0.569. The van der Waals surface area contributed by atoms with E-state index in [4.69, 9.17) is 4.74 Å². The second kappa shape index (κ2) is 9.97. The summed E-state index contributed by atoms with van der Waals surface area (Å²) in [6.07, 6.45) is 1.96. The minimum absolute atomic E-state index is 0.201. The highest BCUT2D eigenvalue weighted by Crippen LogP contribution is 2.31. The van der Waals surface area contributed by atoms with Crippen LogP contribution >= 0.6 is 0 Å². The smallest absolute Gasteiger partial charge is 0.190 e. The number of hydrogen-bond acceptors (Lipinski definition) is 3. The number of nitrogens with zero attached hydrogens (tertiary/aromatic N) is 2. The normalized spacial score (nSPS) is 16.9. The van der Waals surface area contributed by atoms with Crippen molar-refractivity contribution in [2.75, 3.05) is 45.2 Å². The van der Waals surface area contributed by atoms with Gasteiger partial charge in [0.15, 0.2) is 5.96 Å². The van der Waals surface area contributed by atoms with Crippen LogP contribution in [0.1, 0.15) is 12.0 Å². The molecule has 1 heterocycles. The lowest BCUT2D eigenvalue weighted by molar-refractivity contribution is 0.414. The number of rotatable bonds is 7. The molecule has 1 fully saturated rings. The van der Waals surface area contributed by atoms with Crippen molar-refractivity contribution in [2.24, 2.45) is 10.9 Å². The van der Waals surface area contributed by atoms with Crippen LogP contribution in [-0.4, -0.2) is 46.3 Å². The summed E-state index contributed by atoms with van der Waals surface area (Å²) in [7, 11) is 3.50. The van der Waals surface area contributed by atoms with E-state index in [0.29, 0.717) is 5.92 Å². The van der Waals surface area contributed by atoms with Gasteiger partial charge in [0.2, 0.25) is 0 Å². The summed E-state index contributed by atoms with van der Waals surface area (Å²) in [5, 5.41) is 6.76. The number of benzene rings is 2. The zero-order chi connectivity index (χ0) is 19.8. The Morgan fingerprint density at radius 3 is 2.71 bits per heavy atom. The maximum Gasteiger partial charge on any atom is 0.190 e. The molecule has 0 aliphatic carbocycles. The van der Waals surface area contributed by atoms with Crippen molar-refractivity contribution in [3.63, 3.8) is 0 Å². The number of para-hydroxylation sites is 2. The van der Waals surface area contributed by atoms with Crippen LogP contribution in [0.4, 0.5) is 10.1 Å². The highest BCUT2D eigenvalue weighted by Gasteiger charge is 2.24. The van der Waals surface area contributed by atoms with Crippen LogP contribution in [0.25, 0.3) is 0 Å². The van der Waals surface area contributed by atoms with Crippen LogP contribution in [0, 0.1) is 11.7 Å². The molecular weight excluding hydrogens is 355 g/mol. The van der Waals surface area contributed by atoms with Gasteiger partial charge in [0.25, 0.3) is 0 Å². The van der Waals surface area contributed by atoms with Crippen LogP contribution in [0.2, 0.25) is 0 Å². The maximum absolute atomic E-state index is 13.0. The van der Waals surface area contributed by atoms with Crippen molar-refractivity contribution < 1.29 is 9.13 Å². The standard InChI is InChI=1S/C22H29FN4O/c1-24-22(25-13-11-17-7-9-19(23)10-8-17)26-15-18-12-14-27(16-18)20-5-3-4-6-21(20)28-2/h3-10,18H,11-16H2,1-2H3,(H2,24,25,26). The molecule has 5 nitrogen and oxygen atoms in total. The monoisotopic (exact) mass is 384 g/mol. The van der Waals surface area contributed by atoms with E-state index in [1.807, 2.05) is 24.3 Å². The number of nitrogens with one attached hydrogen (secondary N) is 2. The molecule has 0 radical (unpaired) electrons. The van der Waals surface area contributed by atoms with Crippen molar-refractivity contribution >= 4 is 11.6 Å². The molecule has 0 spiro atoms. The number of ether oxygens (including phenoxy) is 1. The zero-order valence-corrected chi connectivity index (χ0v) is 16.6. The van der Waals surface area contributed by atoms with Gasteiger partial charge in [0, 0.05) is 33.2 Å². The van der Waals surface area contributed by atoms with Crippen molar-refractivity contribution in [3.05, 3.63) is 59.9 Å². The lowest BCUT2D eigenvalue weighted by Gasteiger charge is -2.21. The first-order valence-corrected chi connectivity index (χ1v) is 9.76. The highest BCUT2D eigenvalue weighted by atomic mass is 19.1. The van der Waals surface area contributed by atoms with Gasteiger partial charge >= 0.3 is 0 Å². The van der Waals surface area contributed by atoms with Gasteiger partial charge in [-0.05, 0) is 48.6 Å². The van der Waals surface area contributed by atoms with E-state index in [2.05, 4.69) is 32.7 Å². The molecule has 1 atom stereocenters. The molecule has 0 aromatic heterocycles. The van der Waals surface area contributed by atoms with Crippen LogP contribution in [-0.2, 0) is 6.42 Å². The van der Waals surface area contributed by atoms with Crippen molar-refractivity contribution in [3.8, 4) is 5.75 Å². The predicted octanol–water partition coefficient (Wildman–Crippen LogP) is 3.07. The first kappa shape index (κ1) is 20.0. The van der Waals surface area contributed by atoms with Gasteiger partial charge in [-0.3, -0.25) is 4.99 Å². The van der Waals surface area contributed by atoms with E-state index in [-0.39, 0.29) is 5.82 Å². The summed E-state index contributed by atoms with van der Waals surface area (Å²) < 4.78 is 18.5. The summed E-state index contributed by atoms with van der Waals surface area (Å²) >= 11 is 0. The first-order chi connectivity index (χ1) is 13.7. The van der Waals surface area contributed by atoms with Crippen LogP contribution < -0.4 is 20.3 Å². The SMILES string of the molecule is CN=C(NCCc1ccc(F)cc1)NCC1CCN(c2ccccc2OC)C1. The Kier molecular flexibility index (Phi) is 7.12. The number of methoxy groups -OCH3 is 1. The Labute approximate surface area is 166 Å². The maximum atomic E-state index is 13.0. The molecule has 150 valence electrons. The molecule has 1 aliphatic rings. The van der Waals surface area contributed by atoms with Gasteiger partial charge in [0.05, 0.1) is 12.8 Å². The Bertz CT molecular complexity index is 778. The minimum atomic E-state index is -0.201. The zero-order valence-electron chi connectivity index (χ0n) is 16.6. The summed E-state index contributed by atoms with van der Waals surface area (Å²) in [6.45, 7) is 3.66. The van der Waals surface area contributed by atoms with E-state index >= 15 is 0 Å². The summed E-state index contributed by atoms with van der Waals surface area (Å²) in [6, 6.07) is 14.8. The van der Waals surface area contributed by atoms with E-state index < -0.39 is 0 Å². The first-order valence-electron chi connectivity index (χ1n) is 9.76. The number of anilines is 1. The van der Waals surface area contributed by atoms with Crippen LogP contribution in [0.15, 0.2) is 53.5 Å². The molecule has 2 aromatic carbocycles. The molecule has 2 N–H and O–H groups in total. The van der Waals surface area contributed by atoms with Crippen molar-refractivity contribution in [1.29, 1.82) is 0 Å². The summed E-state index contributed by atoms with van der Waals surface area (Å²) in [4.78, 5) is 6.68. The Morgan fingerprint density at radius 2 is 1.96 bits per heavy atom. The molecule has 6 heteroatoms. The number of hydrogen-bond donors (Lipinski definition) is 2. The molecule has 1 aliphatic heterocycles. The molecular formula is C22H29FN4O. The second-order valence-corrected chi connectivity index (χ2v) is 7.03. The molecule has 2 aromatic rings. The van der Waals surface area contributed by atoms with E-state index in [1.165, 1.54) is 12.1 Å². The average molecular weight is 384 g/mol. The number of aliphatic imine (C=N–C) groups is 1. The van der Waals surface area contributed by atoms with Gasteiger partial charge in [-0.2, -0.15) is 0 Å².